The van der Waals surface area contributed by atoms with Gasteiger partial charge in [0.15, 0.2) is 5.82 Å². The van der Waals surface area contributed by atoms with Gasteiger partial charge in [0.2, 0.25) is 0 Å². The fourth-order valence-electron chi connectivity index (χ4n) is 2.73. The van der Waals surface area contributed by atoms with E-state index in [0.717, 1.165) is 24.4 Å². The summed E-state index contributed by atoms with van der Waals surface area (Å²) in [5, 5.41) is 3.13. The fourth-order valence-corrected chi connectivity index (χ4v) is 2.73. The first kappa shape index (κ1) is 11.8. The molecule has 1 aromatic carbocycles. The van der Waals surface area contributed by atoms with Crippen molar-refractivity contribution in [2.45, 2.75) is 25.7 Å². The van der Waals surface area contributed by atoms with Crippen molar-refractivity contribution >= 4 is 11.4 Å². The highest BCUT2D eigenvalue weighted by Gasteiger charge is 2.41. The van der Waals surface area contributed by atoms with E-state index in [0.29, 0.717) is 11.6 Å². The largest absolute Gasteiger partial charge is 0.395 e. The van der Waals surface area contributed by atoms with E-state index >= 15 is 0 Å². The summed E-state index contributed by atoms with van der Waals surface area (Å²) in [7, 11) is 0. The van der Waals surface area contributed by atoms with Crippen LogP contribution >= 0.6 is 0 Å². The van der Waals surface area contributed by atoms with E-state index in [1.807, 2.05) is 0 Å². The summed E-state index contributed by atoms with van der Waals surface area (Å²) in [5.74, 6) is 0.996. The lowest BCUT2D eigenvalue weighted by Crippen LogP contribution is -2.19. The molecule has 98 valence electrons. The molecule has 2 saturated carbocycles. The van der Waals surface area contributed by atoms with Gasteiger partial charge in [-0.25, -0.2) is 8.78 Å². The summed E-state index contributed by atoms with van der Waals surface area (Å²) in [5.41, 5.74) is 6.02. The van der Waals surface area contributed by atoms with Gasteiger partial charge < -0.3 is 11.1 Å². The minimum absolute atomic E-state index is 0.0155. The molecular weight excluding hydrogens is 234 g/mol. The Hall–Kier alpha value is -1.32. The van der Waals surface area contributed by atoms with Gasteiger partial charge in [0.1, 0.15) is 5.82 Å². The van der Waals surface area contributed by atoms with Gasteiger partial charge in [-0.2, -0.15) is 0 Å². The van der Waals surface area contributed by atoms with Crippen LogP contribution in [0.3, 0.4) is 0 Å². The number of hydrogen-bond acceptors (Lipinski definition) is 2. The quantitative estimate of drug-likeness (QED) is 0.788. The summed E-state index contributed by atoms with van der Waals surface area (Å²) in [6, 6.07) is 2.09. The number of anilines is 2. The van der Waals surface area contributed by atoms with Crippen LogP contribution in [0.5, 0.6) is 0 Å². The molecule has 18 heavy (non-hydrogen) atoms. The van der Waals surface area contributed by atoms with Crippen molar-refractivity contribution in [2.75, 3.05) is 17.6 Å². The Bertz CT molecular complexity index is 441. The number of halogens is 2. The zero-order chi connectivity index (χ0) is 12.7. The average Bonchev–Trinajstić information content (AvgIpc) is 3.16. The topological polar surface area (TPSA) is 38.0 Å². The van der Waals surface area contributed by atoms with Gasteiger partial charge in [0.25, 0.3) is 0 Å². The minimum atomic E-state index is -0.688. The molecule has 3 N–H and O–H groups in total. The zero-order valence-corrected chi connectivity index (χ0v) is 10.3. The van der Waals surface area contributed by atoms with E-state index in [-0.39, 0.29) is 5.69 Å². The molecule has 0 heterocycles. The molecule has 0 bridgehead atoms. The summed E-state index contributed by atoms with van der Waals surface area (Å²) >= 11 is 0. The summed E-state index contributed by atoms with van der Waals surface area (Å²) in [6.45, 7) is 0.780. The number of nitrogens with one attached hydrogen (secondary N) is 1. The van der Waals surface area contributed by atoms with Crippen molar-refractivity contribution in [3.05, 3.63) is 23.8 Å². The Morgan fingerprint density at radius 3 is 2.33 bits per heavy atom. The van der Waals surface area contributed by atoms with E-state index in [1.165, 1.54) is 31.7 Å². The van der Waals surface area contributed by atoms with Crippen LogP contribution in [-0.2, 0) is 0 Å². The maximum atomic E-state index is 13.3. The standard InChI is InChI=1S/C14H18F2N2/c15-10-5-12(16)14(17)13(6-10)18-7-11(8-1-2-8)9-3-4-9/h5-6,8-9,11,18H,1-4,7,17H2. The second-order valence-corrected chi connectivity index (χ2v) is 5.57. The van der Waals surface area contributed by atoms with Crippen molar-refractivity contribution in [3.63, 3.8) is 0 Å². The normalized spacial score (nSPS) is 19.3. The van der Waals surface area contributed by atoms with E-state index < -0.39 is 11.6 Å². The Morgan fingerprint density at radius 2 is 1.78 bits per heavy atom. The Kier molecular flexibility index (Phi) is 2.88. The molecule has 2 nitrogen and oxygen atoms in total. The molecule has 0 aromatic heterocycles. The van der Waals surface area contributed by atoms with Crippen LogP contribution in [0, 0.1) is 29.4 Å². The molecule has 1 aromatic rings. The van der Waals surface area contributed by atoms with Crippen molar-refractivity contribution in [3.8, 4) is 0 Å². The summed E-state index contributed by atoms with van der Waals surface area (Å²) in [6.07, 6.45) is 5.21. The molecule has 2 aliphatic rings. The smallest absolute Gasteiger partial charge is 0.151 e. The van der Waals surface area contributed by atoms with E-state index in [4.69, 9.17) is 5.73 Å². The summed E-state index contributed by atoms with van der Waals surface area (Å²) in [4.78, 5) is 0. The lowest BCUT2D eigenvalue weighted by Gasteiger charge is -2.18. The van der Waals surface area contributed by atoms with E-state index in [1.54, 1.807) is 0 Å². The van der Waals surface area contributed by atoms with Gasteiger partial charge in [-0.1, -0.05) is 0 Å². The molecule has 0 aliphatic heterocycles. The first-order chi connectivity index (χ1) is 8.65. The summed E-state index contributed by atoms with van der Waals surface area (Å²) < 4.78 is 26.4. The van der Waals surface area contributed by atoms with E-state index in [9.17, 15) is 8.78 Å². The number of hydrogen-bond donors (Lipinski definition) is 2. The molecular formula is C14H18F2N2. The second-order valence-electron chi connectivity index (χ2n) is 5.57. The van der Waals surface area contributed by atoms with Gasteiger partial charge in [-0.15, -0.1) is 0 Å². The van der Waals surface area contributed by atoms with Crippen molar-refractivity contribution in [1.82, 2.24) is 0 Å². The lowest BCUT2D eigenvalue weighted by molar-refractivity contribution is 0.428. The molecule has 0 atom stereocenters. The first-order valence-corrected chi connectivity index (χ1v) is 6.63. The molecule has 4 heteroatoms. The van der Waals surface area contributed by atoms with Crippen LogP contribution in [0.1, 0.15) is 25.7 Å². The second kappa shape index (κ2) is 4.41. The predicted octanol–water partition coefficient (Wildman–Crippen LogP) is 3.40. The highest BCUT2D eigenvalue weighted by Crippen LogP contribution is 2.49. The molecule has 2 fully saturated rings. The highest BCUT2D eigenvalue weighted by atomic mass is 19.1. The van der Waals surface area contributed by atoms with Crippen LogP contribution in [0.15, 0.2) is 12.1 Å². The lowest BCUT2D eigenvalue weighted by atomic mass is 9.98. The first-order valence-electron chi connectivity index (χ1n) is 6.63. The van der Waals surface area contributed by atoms with Crippen LogP contribution in [0.25, 0.3) is 0 Å². The van der Waals surface area contributed by atoms with Crippen LogP contribution in [0.4, 0.5) is 20.2 Å². The van der Waals surface area contributed by atoms with E-state index in [2.05, 4.69) is 5.32 Å². The van der Waals surface area contributed by atoms with Gasteiger partial charge in [-0.3, -0.25) is 0 Å². The fraction of sp³-hybridized carbons (Fsp3) is 0.571. The molecule has 0 spiro atoms. The number of nitrogens with two attached hydrogens (primary N) is 1. The van der Waals surface area contributed by atoms with Gasteiger partial charge in [-0.05, 0) is 49.5 Å². The SMILES string of the molecule is Nc1c(F)cc(F)cc1NCC(C1CC1)C1CC1. The number of benzene rings is 1. The van der Waals surface area contributed by atoms with Crippen molar-refractivity contribution in [1.29, 1.82) is 0 Å². The average molecular weight is 252 g/mol. The third-order valence-corrected chi connectivity index (χ3v) is 4.08. The van der Waals surface area contributed by atoms with Crippen LogP contribution in [0.2, 0.25) is 0 Å². The zero-order valence-electron chi connectivity index (χ0n) is 10.3. The van der Waals surface area contributed by atoms with Gasteiger partial charge >= 0.3 is 0 Å². The Balaban J connectivity index is 1.68. The third-order valence-electron chi connectivity index (χ3n) is 4.08. The predicted molar refractivity (Wildman–Crippen MR) is 68.2 cm³/mol. The monoisotopic (exact) mass is 252 g/mol. The third kappa shape index (κ3) is 2.42. The minimum Gasteiger partial charge on any atom is -0.395 e. The number of nitrogen functional groups attached to an aromatic ring is 1. The Morgan fingerprint density at radius 1 is 1.17 bits per heavy atom. The van der Waals surface area contributed by atoms with Crippen molar-refractivity contribution < 1.29 is 8.78 Å². The van der Waals surface area contributed by atoms with Crippen LogP contribution < -0.4 is 11.1 Å². The maximum absolute atomic E-state index is 13.3. The highest BCUT2D eigenvalue weighted by molar-refractivity contribution is 5.66. The molecule has 2 aliphatic carbocycles. The van der Waals surface area contributed by atoms with Crippen molar-refractivity contribution in [2.24, 2.45) is 17.8 Å². The molecule has 0 saturated heterocycles. The maximum Gasteiger partial charge on any atom is 0.151 e. The molecule has 0 radical (unpaired) electrons. The Labute approximate surface area is 106 Å². The number of rotatable bonds is 5. The molecule has 0 amide bonds. The van der Waals surface area contributed by atoms with Gasteiger partial charge in [0, 0.05) is 12.6 Å². The molecule has 0 unspecified atom stereocenters. The van der Waals surface area contributed by atoms with Crippen LogP contribution in [-0.4, -0.2) is 6.54 Å². The van der Waals surface area contributed by atoms with Gasteiger partial charge in [0.05, 0.1) is 11.4 Å². The molecule has 3 rings (SSSR count).